The summed E-state index contributed by atoms with van der Waals surface area (Å²) in [5.74, 6) is -0.341. The molecule has 2 aliphatic rings. The number of benzene rings is 1. The van der Waals surface area contributed by atoms with Crippen LogP contribution in [-0.2, 0) is 19.4 Å². The second-order valence-corrected chi connectivity index (χ2v) is 8.40. The number of ketones is 1. The minimum atomic E-state index is -0.668. The molecule has 0 amide bonds. The molecule has 4 rings (SSSR count). The van der Waals surface area contributed by atoms with Crippen molar-refractivity contribution in [2.24, 2.45) is 5.92 Å². The molecule has 1 aromatic heterocycles. The van der Waals surface area contributed by atoms with Crippen LogP contribution < -0.4 is 5.56 Å². The zero-order valence-electron chi connectivity index (χ0n) is 17.4. The Morgan fingerprint density at radius 3 is 2.73 bits per heavy atom. The average Bonchev–Trinajstić information content (AvgIpc) is 2.73. The quantitative estimate of drug-likeness (QED) is 0.763. The first kappa shape index (κ1) is 20.7. The van der Waals surface area contributed by atoms with Crippen molar-refractivity contribution >= 4 is 5.78 Å². The Morgan fingerprint density at radius 2 is 2.00 bits per heavy atom. The molecule has 0 radical (unpaired) electrons. The third kappa shape index (κ3) is 4.17. The van der Waals surface area contributed by atoms with Crippen LogP contribution in [0.5, 0.6) is 5.75 Å². The average molecular weight is 413 g/mol. The number of fused-ring (bicyclic) bond motifs is 1. The van der Waals surface area contributed by atoms with Gasteiger partial charge in [0.2, 0.25) is 0 Å². The number of aromatic hydroxyl groups is 1. The van der Waals surface area contributed by atoms with Crippen molar-refractivity contribution in [1.82, 2.24) is 14.5 Å². The van der Waals surface area contributed by atoms with Crippen molar-refractivity contribution in [1.29, 1.82) is 0 Å². The maximum Gasteiger partial charge on any atom is 0.256 e. The number of rotatable bonds is 5. The molecule has 2 aliphatic heterocycles. The van der Waals surface area contributed by atoms with Gasteiger partial charge in [-0.15, -0.1) is 0 Å². The number of Topliss-reactive ketones (excluding diaryl/α,β-unsaturated/α-hetero) is 1. The number of piperidine rings is 1. The number of aromatic nitrogens is 2. The van der Waals surface area contributed by atoms with Crippen LogP contribution >= 0.6 is 0 Å². The number of likely N-dealkylation sites (tertiary alicyclic amines) is 1. The van der Waals surface area contributed by atoms with E-state index in [0.717, 1.165) is 68.6 Å². The number of carbonyl (C=O) groups is 1. The van der Waals surface area contributed by atoms with Gasteiger partial charge in [-0.1, -0.05) is 0 Å². The van der Waals surface area contributed by atoms with Gasteiger partial charge in [-0.25, -0.2) is 9.37 Å². The monoisotopic (exact) mass is 413 g/mol. The third-order valence-electron chi connectivity index (χ3n) is 6.44. The minimum absolute atomic E-state index is 0.0510. The summed E-state index contributed by atoms with van der Waals surface area (Å²) in [4.78, 5) is 32.5. The molecule has 1 fully saturated rings. The highest BCUT2D eigenvalue weighted by Crippen LogP contribution is 2.25. The summed E-state index contributed by atoms with van der Waals surface area (Å²) in [5, 5.41) is 9.34. The predicted molar refractivity (Wildman–Crippen MR) is 111 cm³/mol. The van der Waals surface area contributed by atoms with Crippen molar-refractivity contribution in [2.75, 3.05) is 19.6 Å². The van der Waals surface area contributed by atoms with Crippen LogP contribution in [0.2, 0.25) is 0 Å². The molecule has 30 heavy (non-hydrogen) atoms. The highest BCUT2D eigenvalue weighted by molar-refractivity contribution is 5.98. The van der Waals surface area contributed by atoms with Gasteiger partial charge in [0, 0.05) is 42.8 Å². The van der Waals surface area contributed by atoms with Crippen LogP contribution in [0.25, 0.3) is 0 Å². The molecular formula is C23H28FN3O3. The normalized spacial score (nSPS) is 17.7. The van der Waals surface area contributed by atoms with E-state index < -0.39 is 5.82 Å². The van der Waals surface area contributed by atoms with Crippen LogP contribution in [0.15, 0.2) is 23.0 Å². The summed E-state index contributed by atoms with van der Waals surface area (Å²) >= 11 is 0. The van der Waals surface area contributed by atoms with Gasteiger partial charge >= 0.3 is 0 Å². The van der Waals surface area contributed by atoms with Gasteiger partial charge in [-0.3, -0.25) is 14.2 Å². The Labute approximate surface area is 175 Å². The van der Waals surface area contributed by atoms with Crippen LogP contribution in [0.4, 0.5) is 4.39 Å². The SMILES string of the molecule is Cc1nc2n(c(=O)c1CCN1CCC(C(=O)c3ccc(O)cc3F)CC1)CCCC2. The van der Waals surface area contributed by atoms with Gasteiger partial charge < -0.3 is 10.0 Å². The zero-order valence-corrected chi connectivity index (χ0v) is 17.4. The molecule has 6 nitrogen and oxygen atoms in total. The molecule has 0 bridgehead atoms. The summed E-state index contributed by atoms with van der Waals surface area (Å²) < 4.78 is 15.8. The summed E-state index contributed by atoms with van der Waals surface area (Å²) in [7, 11) is 0. The van der Waals surface area contributed by atoms with Crippen LogP contribution in [0, 0.1) is 18.7 Å². The number of aryl methyl sites for hydroxylation is 2. The Morgan fingerprint density at radius 1 is 1.23 bits per heavy atom. The van der Waals surface area contributed by atoms with Crippen LogP contribution in [0.3, 0.4) is 0 Å². The molecule has 3 heterocycles. The molecule has 0 spiro atoms. The molecule has 2 aromatic rings. The highest BCUT2D eigenvalue weighted by atomic mass is 19.1. The van der Waals surface area contributed by atoms with Crippen molar-refractivity contribution < 1.29 is 14.3 Å². The fourth-order valence-corrected chi connectivity index (χ4v) is 4.63. The first-order valence-corrected chi connectivity index (χ1v) is 10.8. The first-order valence-electron chi connectivity index (χ1n) is 10.8. The van der Waals surface area contributed by atoms with Crippen molar-refractivity contribution in [3.63, 3.8) is 0 Å². The standard InChI is InChI=1S/C23H28FN3O3/c1-15-18(23(30)27-10-3-2-4-21(27)25-15)9-13-26-11-7-16(8-12-26)22(29)19-6-5-17(28)14-20(19)24/h5-6,14,16,28H,2-4,7-13H2,1H3. The highest BCUT2D eigenvalue weighted by Gasteiger charge is 2.28. The van der Waals surface area contributed by atoms with E-state index in [1.165, 1.54) is 12.1 Å². The van der Waals surface area contributed by atoms with Gasteiger partial charge in [0.15, 0.2) is 5.78 Å². The van der Waals surface area contributed by atoms with E-state index in [-0.39, 0.29) is 28.6 Å². The zero-order chi connectivity index (χ0) is 21.3. The molecule has 160 valence electrons. The number of phenols is 1. The topological polar surface area (TPSA) is 75.4 Å². The Bertz CT molecular complexity index is 1010. The third-order valence-corrected chi connectivity index (χ3v) is 6.44. The molecular weight excluding hydrogens is 385 g/mol. The number of halogens is 1. The van der Waals surface area contributed by atoms with Crippen LogP contribution in [-0.4, -0.2) is 45.0 Å². The fourth-order valence-electron chi connectivity index (χ4n) is 4.63. The lowest BCUT2D eigenvalue weighted by Gasteiger charge is -2.31. The van der Waals surface area contributed by atoms with E-state index in [9.17, 15) is 19.1 Å². The van der Waals surface area contributed by atoms with E-state index in [1.807, 2.05) is 11.5 Å². The number of hydrogen-bond acceptors (Lipinski definition) is 5. The van der Waals surface area contributed by atoms with E-state index in [0.29, 0.717) is 19.3 Å². The lowest BCUT2D eigenvalue weighted by Crippen LogP contribution is -2.39. The molecule has 0 saturated carbocycles. The fraction of sp³-hybridized carbons (Fsp3) is 0.522. The Kier molecular flexibility index (Phi) is 5.99. The smallest absolute Gasteiger partial charge is 0.256 e. The molecule has 7 heteroatoms. The molecule has 0 atom stereocenters. The van der Waals surface area contributed by atoms with Gasteiger partial charge in [0.25, 0.3) is 5.56 Å². The van der Waals surface area contributed by atoms with E-state index >= 15 is 0 Å². The number of phenolic OH excluding ortho intramolecular Hbond substituents is 1. The summed E-state index contributed by atoms with van der Waals surface area (Å²) in [5.41, 5.74) is 1.78. The summed E-state index contributed by atoms with van der Waals surface area (Å²) in [6.45, 7) is 4.92. The second kappa shape index (κ2) is 8.68. The lowest BCUT2D eigenvalue weighted by atomic mass is 9.88. The van der Waals surface area contributed by atoms with Gasteiger partial charge in [0.1, 0.15) is 17.4 Å². The van der Waals surface area contributed by atoms with Gasteiger partial charge in [-0.2, -0.15) is 0 Å². The van der Waals surface area contributed by atoms with Crippen molar-refractivity contribution in [2.45, 2.75) is 52.0 Å². The maximum absolute atomic E-state index is 14.0. The molecule has 1 saturated heterocycles. The van der Waals surface area contributed by atoms with Crippen molar-refractivity contribution in [3.8, 4) is 5.75 Å². The summed E-state index contributed by atoms with van der Waals surface area (Å²) in [6, 6.07) is 3.69. The van der Waals surface area contributed by atoms with E-state index in [1.54, 1.807) is 0 Å². The van der Waals surface area contributed by atoms with Gasteiger partial charge in [-0.05, 0) is 64.3 Å². The second-order valence-electron chi connectivity index (χ2n) is 8.40. The Balaban J connectivity index is 1.36. The maximum atomic E-state index is 14.0. The minimum Gasteiger partial charge on any atom is -0.508 e. The van der Waals surface area contributed by atoms with Crippen LogP contribution in [0.1, 0.15) is 53.1 Å². The number of carbonyl (C=O) groups excluding carboxylic acids is 1. The first-order chi connectivity index (χ1) is 14.4. The predicted octanol–water partition coefficient (Wildman–Crippen LogP) is 2.87. The largest absolute Gasteiger partial charge is 0.508 e. The van der Waals surface area contributed by atoms with E-state index in [4.69, 9.17) is 0 Å². The Hall–Kier alpha value is -2.54. The van der Waals surface area contributed by atoms with Crippen molar-refractivity contribution in [3.05, 3.63) is 57.0 Å². The molecule has 1 aromatic carbocycles. The number of hydrogen-bond donors (Lipinski definition) is 1. The summed E-state index contributed by atoms with van der Waals surface area (Å²) in [6.07, 6.45) is 4.98. The lowest BCUT2D eigenvalue weighted by molar-refractivity contribution is 0.0837. The van der Waals surface area contributed by atoms with Gasteiger partial charge in [0.05, 0.1) is 5.56 Å². The number of nitrogens with zero attached hydrogens (tertiary/aromatic N) is 3. The molecule has 1 N–H and O–H groups in total. The molecule has 0 unspecified atom stereocenters. The van der Waals surface area contributed by atoms with E-state index in [2.05, 4.69) is 9.88 Å². The molecule has 0 aliphatic carbocycles.